The molecule has 0 fully saturated rings. The van der Waals surface area contributed by atoms with Crippen molar-refractivity contribution in [3.05, 3.63) is 35.1 Å². The van der Waals surface area contributed by atoms with Crippen LogP contribution >= 0.6 is 0 Å². The second-order valence-electron chi connectivity index (χ2n) is 3.40. The molecule has 1 aromatic carbocycles. The highest BCUT2D eigenvalue weighted by Gasteiger charge is 2.05. The summed E-state index contributed by atoms with van der Waals surface area (Å²) in [6, 6.07) is 5.07. The molecule has 0 amide bonds. The maximum Gasteiger partial charge on any atom is 0.128 e. The normalized spacial score (nSPS) is 10.8. The molecule has 13 heavy (non-hydrogen) atoms. The van der Waals surface area contributed by atoms with Crippen molar-refractivity contribution in [3.63, 3.8) is 0 Å². The summed E-state index contributed by atoms with van der Waals surface area (Å²) in [4.78, 5) is 0. The van der Waals surface area contributed by atoms with E-state index in [9.17, 15) is 4.39 Å². The third kappa shape index (κ3) is 2.81. The molecule has 0 heterocycles. The predicted octanol–water partition coefficient (Wildman–Crippen LogP) is 3.06. The number of hydrogen-bond donors (Lipinski definition) is 0. The molecular weight excluding hydrogens is 167 g/mol. The van der Waals surface area contributed by atoms with Gasteiger partial charge in [0.05, 0.1) is 12.7 Å². The topological polar surface area (TPSA) is 9.23 Å². The molecule has 0 atom stereocenters. The van der Waals surface area contributed by atoms with Crippen molar-refractivity contribution in [1.29, 1.82) is 0 Å². The first kappa shape index (κ1) is 10.2. The predicted molar refractivity (Wildman–Crippen MR) is 51.1 cm³/mol. The molecule has 0 aliphatic carbocycles. The Hall–Kier alpha value is -0.890. The van der Waals surface area contributed by atoms with Crippen molar-refractivity contribution in [1.82, 2.24) is 0 Å². The lowest BCUT2D eigenvalue weighted by Crippen LogP contribution is -2.05. The minimum Gasteiger partial charge on any atom is -0.374 e. The first-order chi connectivity index (χ1) is 6.11. The zero-order valence-corrected chi connectivity index (χ0v) is 8.30. The highest BCUT2D eigenvalue weighted by atomic mass is 19.1. The zero-order valence-electron chi connectivity index (χ0n) is 8.30. The highest BCUT2D eigenvalue weighted by Crippen LogP contribution is 2.14. The number of halogens is 1. The van der Waals surface area contributed by atoms with E-state index in [2.05, 4.69) is 0 Å². The molecular formula is C11H15FO. The third-order valence-electron chi connectivity index (χ3n) is 1.91. The number of ether oxygens (including phenoxy) is 1. The summed E-state index contributed by atoms with van der Waals surface area (Å²) in [6.07, 6.45) is 0.138. The first-order valence-electron chi connectivity index (χ1n) is 4.47. The molecule has 0 bridgehead atoms. The van der Waals surface area contributed by atoms with E-state index in [1.54, 1.807) is 6.07 Å². The molecule has 72 valence electrons. The monoisotopic (exact) mass is 182 g/mol. The van der Waals surface area contributed by atoms with Crippen LogP contribution in [-0.4, -0.2) is 6.10 Å². The Bertz CT molecular complexity index is 261. The van der Waals surface area contributed by atoms with Crippen molar-refractivity contribution in [3.8, 4) is 0 Å². The summed E-state index contributed by atoms with van der Waals surface area (Å²) >= 11 is 0. The van der Waals surface area contributed by atoms with Crippen molar-refractivity contribution >= 4 is 0 Å². The van der Waals surface area contributed by atoms with Crippen molar-refractivity contribution in [2.24, 2.45) is 0 Å². The van der Waals surface area contributed by atoms with Gasteiger partial charge in [-0.05, 0) is 32.4 Å². The Morgan fingerprint density at radius 2 is 2.08 bits per heavy atom. The summed E-state index contributed by atoms with van der Waals surface area (Å²) in [5, 5.41) is 0. The van der Waals surface area contributed by atoms with Crippen LogP contribution in [0, 0.1) is 12.7 Å². The van der Waals surface area contributed by atoms with Crippen molar-refractivity contribution < 1.29 is 9.13 Å². The molecule has 0 aromatic heterocycles. The van der Waals surface area contributed by atoms with E-state index in [-0.39, 0.29) is 11.9 Å². The maximum atomic E-state index is 13.2. The number of rotatable bonds is 3. The van der Waals surface area contributed by atoms with Gasteiger partial charge in [0.1, 0.15) is 5.82 Å². The van der Waals surface area contributed by atoms with Crippen LogP contribution < -0.4 is 0 Å². The van der Waals surface area contributed by atoms with Crippen LogP contribution in [0.3, 0.4) is 0 Å². The molecule has 0 saturated heterocycles. The molecule has 0 spiro atoms. The van der Waals surface area contributed by atoms with Gasteiger partial charge < -0.3 is 4.74 Å². The molecule has 1 rings (SSSR count). The fraction of sp³-hybridized carbons (Fsp3) is 0.455. The lowest BCUT2D eigenvalue weighted by atomic mass is 10.1. The minimum atomic E-state index is -0.180. The Morgan fingerprint density at radius 3 is 2.62 bits per heavy atom. The van der Waals surface area contributed by atoms with Gasteiger partial charge in [-0.1, -0.05) is 12.1 Å². The van der Waals surface area contributed by atoms with Gasteiger partial charge in [-0.15, -0.1) is 0 Å². The van der Waals surface area contributed by atoms with Gasteiger partial charge in [0.2, 0.25) is 0 Å². The molecule has 0 aliphatic heterocycles. The van der Waals surface area contributed by atoms with Crippen LogP contribution in [0.1, 0.15) is 25.0 Å². The van der Waals surface area contributed by atoms with Gasteiger partial charge in [0.15, 0.2) is 0 Å². The summed E-state index contributed by atoms with van der Waals surface area (Å²) < 4.78 is 18.6. The van der Waals surface area contributed by atoms with Gasteiger partial charge in [0, 0.05) is 5.56 Å². The maximum absolute atomic E-state index is 13.2. The minimum absolute atomic E-state index is 0.138. The summed E-state index contributed by atoms with van der Waals surface area (Å²) in [7, 11) is 0. The van der Waals surface area contributed by atoms with Crippen LogP contribution in [0.25, 0.3) is 0 Å². The molecule has 0 radical (unpaired) electrons. The van der Waals surface area contributed by atoms with E-state index < -0.39 is 0 Å². The molecule has 0 unspecified atom stereocenters. The fourth-order valence-corrected chi connectivity index (χ4v) is 1.10. The van der Waals surface area contributed by atoms with Crippen LogP contribution in [0.15, 0.2) is 18.2 Å². The van der Waals surface area contributed by atoms with E-state index in [1.807, 2.05) is 26.8 Å². The SMILES string of the molecule is Cc1cccc(F)c1COC(C)C. The number of hydrogen-bond acceptors (Lipinski definition) is 1. The average molecular weight is 182 g/mol. The molecule has 0 N–H and O–H groups in total. The van der Waals surface area contributed by atoms with Crippen LogP contribution in [0.4, 0.5) is 4.39 Å². The average Bonchev–Trinajstić information content (AvgIpc) is 2.03. The molecule has 1 nitrogen and oxygen atoms in total. The third-order valence-corrected chi connectivity index (χ3v) is 1.91. The van der Waals surface area contributed by atoms with Gasteiger partial charge in [0.25, 0.3) is 0 Å². The van der Waals surface area contributed by atoms with Gasteiger partial charge in [-0.3, -0.25) is 0 Å². The van der Waals surface area contributed by atoms with Crippen LogP contribution in [0.2, 0.25) is 0 Å². The van der Waals surface area contributed by atoms with E-state index in [1.165, 1.54) is 6.07 Å². The number of aryl methyl sites for hydroxylation is 1. The first-order valence-corrected chi connectivity index (χ1v) is 4.47. The van der Waals surface area contributed by atoms with E-state index in [0.717, 1.165) is 5.56 Å². The standard InChI is InChI=1S/C11H15FO/c1-8(2)13-7-10-9(3)5-4-6-11(10)12/h4-6,8H,7H2,1-3H3. The zero-order chi connectivity index (χ0) is 9.84. The van der Waals surface area contributed by atoms with E-state index in [0.29, 0.717) is 12.2 Å². The summed E-state index contributed by atoms with van der Waals surface area (Å²) in [5.41, 5.74) is 1.61. The van der Waals surface area contributed by atoms with E-state index >= 15 is 0 Å². The molecule has 0 saturated carbocycles. The van der Waals surface area contributed by atoms with Crippen LogP contribution in [0.5, 0.6) is 0 Å². The van der Waals surface area contributed by atoms with Crippen molar-refractivity contribution in [2.45, 2.75) is 33.5 Å². The summed E-state index contributed by atoms with van der Waals surface area (Å²) in [5.74, 6) is -0.180. The second-order valence-corrected chi connectivity index (χ2v) is 3.40. The van der Waals surface area contributed by atoms with Gasteiger partial charge in [-0.2, -0.15) is 0 Å². The Labute approximate surface area is 78.5 Å². The summed E-state index contributed by atoms with van der Waals surface area (Å²) in [6.45, 7) is 6.13. The Morgan fingerprint density at radius 1 is 1.38 bits per heavy atom. The Kier molecular flexibility index (Phi) is 3.43. The van der Waals surface area contributed by atoms with Gasteiger partial charge >= 0.3 is 0 Å². The quantitative estimate of drug-likeness (QED) is 0.698. The fourth-order valence-electron chi connectivity index (χ4n) is 1.10. The molecule has 2 heteroatoms. The lowest BCUT2D eigenvalue weighted by molar-refractivity contribution is 0.0636. The van der Waals surface area contributed by atoms with E-state index in [4.69, 9.17) is 4.74 Å². The highest BCUT2D eigenvalue weighted by molar-refractivity contribution is 5.26. The molecule has 0 aliphatic rings. The smallest absolute Gasteiger partial charge is 0.128 e. The Balaban J connectivity index is 2.75. The second kappa shape index (κ2) is 4.38. The number of benzene rings is 1. The molecule has 1 aromatic rings. The van der Waals surface area contributed by atoms with Crippen LogP contribution in [-0.2, 0) is 11.3 Å². The van der Waals surface area contributed by atoms with Gasteiger partial charge in [-0.25, -0.2) is 4.39 Å². The largest absolute Gasteiger partial charge is 0.374 e. The lowest BCUT2D eigenvalue weighted by Gasteiger charge is -2.10. The van der Waals surface area contributed by atoms with Crippen molar-refractivity contribution in [2.75, 3.05) is 0 Å².